The summed E-state index contributed by atoms with van der Waals surface area (Å²) in [6, 6.07) is 2.67. The Labute approximate surface area is 214 Å². The number of hydrogen-bond donors (Lipinski definition) is 3. The lowest BCUT2D eigenvalue weighted by Gasteiger charge is -2.21. The number of amides is 1. The van der Waals surface area contributed by atoms with Crippen molar-refractivity contribution in [3.05, 3.63) is 33.9 Å². The van der Waals surface area contributed by atoms with Gasteiger partial charge in [0.05, 0.1) is 24.6 Å². The van der Waals surface area contributed by atoms with Crippen molar-refractivity contribution in [1.82, 2.24) is 5.32 Å². The van der Waals surface area contributed by atoms with Crippen LogP contribution in [0.4, 0.5) is 10.5 Å². The fourth-order valence-electron chi connectivity index (χ4n) is 3.13. The Hall–Kier alpha value is -3.90. The second-order valence-electron chi connectivity index (χ2n) is 9.47. The monoisotopic (exact) mass is 526 g/mol. The topological polar surface area (TPSA) is 192 Å². The van der Waals surface area contributed by atoms with Crippen LogP contribution in [0.3, 0.4) is 0 Å². The molecule has 0 heterocycles. The molecule has 1 amide bonds. The zero-order valence-electron chi connectivity index (χ0n) is 21.4. The zero-order chi connectivity index (χ0) is 28.2. The van der Waals surface area contributed by atoms with Crippen molar-refractivity contribution < 1.29 is 48.5 Å². The van der Waals surface area contributed by atoms with E-state index >= 15 is 0 Å². The van der Waals surface area contributed by atoms with Crippen molar-refractivity contribution in [2.24, 2.45) is 5.41 Å². The smallest absolute Gasteiger partial charge is 0.407 e. The summed E-state index contributed by atoms with van der Waals surface area (Å²) in [7, 11) is 0. The van der Waals surface area contributed by atoms with Crippen LogP contribution in [0.25, 0.3) is 0 Å². The molecule has 0 radical (unpaired) electrons. The summed E-state index contributed by atoms with van der Waals surface area (Å²) in [4.78, 5) is 57.5. The molecule has 2 atom stereocenters. The predicted octanol–water partition coefficient (Wildman–Crippen LogP) is 3.32. The summed E-state index contributed by atoms with van der Waals surface area (Å²) >= 11 is 0. The Morgan fingerprint density at radius 3 is 2.32 bits per heavy atom. The molecule has 1 rings (SSSR count). The van der Waals surface area contributed by atoms with Gasteiger partial charge in [-0.3, -0.25) is 19.7 Å². The van der Waals surface area contributed by atoms with Gasteiger partial charge in [0.2, 0.25) is 0 Å². The van der Waals surface area contributed by atoms with E-state index in [0.717, 1.165) is 6.07 Å². The van der Waals surface area contributed by atoms with Gasteiger partial charge in [0.25, 0.3) is 0 Å². The first kappa shape index (κ1) is 31.1. The van der Waals surface area contributed by atoms with E-state index in [1.165, 1.54) is 12.1 Å². The van der Waals surface area contributed by atoms with E-state index in [4.69, 9.17) is 24.4 Å². The molecule has 13 heteroatoms. The van der Waals surface area contributed by atoms with Crippen LogP contribution >= 0.6 is 0 Å². The van der Waals surface area contributed by atoms with E-state index in [-0.39, 0.29) is 50.1 Å². The highest BCUT2D eigenvalue weighted by atomic mass is 16.6. The number of benzene rings is 1. The second-order valence-corrected chi connectivity index (χ2v) is 9.47. The number of nitro groups is 1. The molecule has 0 fully saturated rings. The minimum atomic E-state index is -1.21. The lowest BCUT2D eigenvalue weighted by molar-refractivity contribution is -0.386. The average Bonchev–Trinajstić information content (AvgIpc) is 2.77. The molecule has 0 spiro atoms. The first-order chi connectivity index (χ1) is 17.2. The number of hydrogen-bond acceptors (Lipinski definition) is 9. The highest BCUT2D eigenvalue weighted by molar-refractivity contribution is 5.81. The summed E-state index contributed by atoms with van der Waals surface area (Å²) in [5.41, 5.74) is -0.489. The lowest BCUT2D eigenvalue weighted by Crippen LogP contribution is -2.44. The Morgan fingerprint density at radius 2 is 1.78 bits per heavy atom. The molecule has 37 heavy (non-hydrogen) atoms. The van der Waals surface area contributed by atoms with Gasteiger partial charge in [-0.05, 0) is 36.8 Å². The number of nitrogens with one attached hydrogen (secondary N) is 1. The molecule has 3 N–H and O–H groups in total. The number of carboxylic acid groups (broad SMARTS) is 2. The fourth-order valence-corrected chi connectivity index (χ4v) is 3.13. The van der Waals surface area contributed by atoms with Crippen LogP contribution in [0.5, 0.6) is 5.75 Å². The molecule has 13 nitrogen and oxygen atoms in total. The summed E-state index contributed by atoms with van der Waals surface area (Å²) in [5, 5.41) is 32.1. The van der Waals surface area contributed by atoms with Gasteiger partial charge >= 0.3 is 29.7 Å². The Balaban J connectivity index is 3.10. The first-order valence-corrected chi connectivity index (χ1v) is 11.7. The first-order valence-electron chi connectivity index (χ1n) is 11.7. The van der Waals surface area contributed by atoms with Crippen LogP contribution < -0.4 is 10.1 Å². The Bertz CT molecular complexity index is 972. The van der Waals surface area contributed by atoms with Crippen molar-refractivity contribution in [3.8, 4) is 5.75 Å². The maximum Gasteiger partial charge on any atom is 0.407 e. The molecule has 0 bridgehead atoms. The molecule has 206 valence electrons. The van der Waals surface area contributed by atoms with Gasteiger partial charge in [-0.25, -0.2) is 9.59 Å². The molecular weight excluding hydrogens is 492 g/mol. The van der Waals surface area contributed by atoms with Crippen molar-refractivity contribution in [2.45, 2.75) is 71.9 Å². The van der Waals surface area contributed by atoms with Crippen molar-refractivity contribution >= 4 is 29.7 Å². The molecule has 0 saturated carbocycles. The standard InChI is InChI=1S/C24H34N2O11/c1-5-35-22(31)17(25-23(32)36-14-24(2,3)4)11-15-9-10-19(18(12-15)26(33)34)37-16(13-21(29)30)7-6-8-20(27)28/h9-10,12,16-17H,5-8,11,13-14H2,1-4H3,(H,25,32)(H,27,28)(H,29,30)/t16-,17-/m0/s1. The van der Waals surface area contributed by atoms with E-state index in [9.17, 15) is 29.3 Å². The molecule has 1 aromatic carbocycles. The SMILES string of the molecule is CCOC(=O)[C@H](Cc1ccc(O[C@@H](CCCC(=O)O)CC(=O)O)c([N+](=O)[O-])c1)NC(=O)OCC(C)(C)C. The number of carbonyl (C=O) groups is 4. The quantitative estimate of drug-likeness (QED) is 0.172. The van der Waals surface area contributed by atoms with E-state index < -0.39 is 53.2 Å². The average molecular weight is 527 g/mol. The number of nitrogens with zero attached hydrogens (tertiary/aromatic N) is 1. The third-order valence-electron chi connectivity index (χ3n) is 4.77. The van der Waals surface area contributed by atoms with Gasteiger partial charge in [-0.2, -0.15) is 0 Å². The summed E-state index contributed by atoms with van der Waals surface area (Å²) in [6.45, 7) is 7.31. The Morgan fingerprint density at radius 1 is 1.11 bits per heavy atom. The van der Waals surface area contributed by atoms with Gasteiger partial charge in [0.1, 0.15) is 12.1 Å². The van der Waals surface area contributed by atoms with Crippen molar-refractivity contribution in [3.63, 3.8) is 0 Å². The number of carbonyl (C=O) groups excluding carboxylic acids is 2. The summed E-state index contributed by atoms with van der Waals surface area (Å²) < 4.78 is 15.7. The normalized spacial score (nSPS) is 12.6. The number of ether oxygens (including phenoxy) is 3. The molecule has 0 aliphatic heterocycles. The molecule has 0 aliphatic carbocycles. The zero-order valence-corrected chi connectivity index (χ0v) is 21.4. The van der Waals surface area contributed by atoms with E-state index in [1.54, 1.807) is 6.92 Å². The van der Waals surface area contributed by atoms with Crippen LogP contribution in [0, 0.1) is 15.5 Å². The van der Waals surface area contributed by atoms with Gasteiger partial charge in [0.15, 0.2) is 5.75 Å². The summed E-state index contributed by atoms with van der Waals surface area (Å²) in [5.74, 6) is -3.23. The predicted molar refractivity (Wildman–Crippen MR) is 129 cm³/mol. The maximum absolute atomic E-state index is 12.4. The van der Waals surface area contributed by atoms with Gasteiger partial charge in [-0.15, -0.1) is 0 Å². The molecule has 1 aromatic rings. The minimum absolute atomic E-state index is 0.0494. The molecule has 0 unspecified atom stereocenters. The van der Waals surface area contributed by atoms with Gasteiger partial charge in [-0.1, -0.05) is 26.8 Å². The Kier molecular flexibility index (Phi) is 12.3. The van der Waals surface area contributed by atoms with Crippen molar-refractivity contribution in [2.75, 3.05) is 13.2 Å². The largest absolute Gasteiger partial charge is 0.483 e. The number of esters is 1. The number of alkyl carbamates (subject to hydrolysis) is 1. The maximum atomic E-state index is 12.4. The van der Waals surface area contributed by atoms with Crippen LogP contribution in [0.1, 0.15) is 58.9 Å². The van der Waals surface area contributed by atoms with Crippen LogP contribution in [0.15, 0.2) is 18.2 Å². The highest BCUT2D eigenvalue weighted by Crippen LogP contribution is 2.31. The number of aliphatic carboxylic acids is 2. The van der Waals surface area contributed by atoms with Gasteiger partial charge in [0, 0.05) is 18.9 Å². The van der Waals surface area contributed by atoms with Gasteiger partial charge < -0.3 is 29.7 Å². The lowest BCUT2D eigenvalue weighted by atomic mass is 9.99. The molecular formula is C24H34N2O11. The number of rotatable bonds is 15. The molecule has 0 saturated heterocycles. The number of nitro benzene ring substituents is 1. The second kappa shape index (κ2) is 14.6. The van der Waals surface area contributed by atoms with Crippen LogP contribution in [0.2, 0.25) is 0 Å². The molecule has 0 aliphatic rings. The van der Waals surface area contributed by atoms with Crippen molar-refractivity contribution in [1.29, 1.82) is 0 Å². The third kappa shape index (κ3) is 12.6. The number of carboxylic acids is 2. The van der Waals surface area contributed by atoms with E-state index in [0.29, 0.717) is 5.56 Å². The molecule has 0 aromatic heterocycles. The van der Waals surface area contributed by atoms with E-state index in [2.05, 4.69) is 5.32 Å². The third-order valence-corrected chi connectivity index (χ3v) is 4.77. The van der Waals surface area contributed by atoms with Crippen LogP contribution in [-0.4, -0.2) is 64.5 Å². The minimum Gasteiger partial charge on any atom is -0.483 e. The van der Waals surface area contributed by atoms with Crippen LogP contribution in [-0.2, 0) is 30.3 Å². The fraction of sp³-hybridized carbons (Fsp3) is 0.583. The van der Waals surface area contributed by atoms with E-state index in [1.807, 2.05) is 20.8 Å². The summed E-state index contributed by atoms with van der Waals surface area (Å²) in [6.07, 6.45) is -2.50. The highest BCUT2D eigenvalue weighted by Gasteiger charge is 2.27.